The molecule has 130 valence electrons. The summed E-state index contributed by atoms with van der Waals surface area (Å²) in [4.78, 5) is 17.6. The van der Waals surface area contributed by atoms with Crippen molar-refractivity contribution in [1.29, 1.82) is 0 Å². The minimum absolute atomic E-state index is 0.815. The molecule has 0 N–H and O–H groups in total. The lowest BCUT2D eigenvalue weighted by Gasteiger charge is -2.26. The molecule has 0 aromatic carbocycles. The van der Waals surface area contributed by atoms with E-state index in [1.165, 1.54) is 5.56 Å². The second-order valence-corrected chi connectivity index (χ2v) is 6.60. The Morgan fingerprint density at radius 2 is 2.04 bits per heavy atom. The Balaban J connectivity index is 1.36. The van der Waals surface area contributed by atoms with E-state index in [9.17, 15) is 0 Å². The van der Waals surface area contributed by atoms with Gasteiger partial charge in [0.05, 0.1) is 24.8 Å². The molecule has 0 spiro atoms. The molecule has 0 atom stereocenters. The van der Waals surface area contributed by atoms with Gasteiger partial charge in [-0.25, -0.2) is 15.0 Å². The van der Waals surface area contributed by atoms with Crippen molar-refractivity contribution >= 4 is 0 Å². The lowest BCUT2D eigenvalue weighted by Crippen LogP contribution is -2.33. The highest BCUT2D eigenvalue weighted by molar-refractivity contribution is 5.09. The van der Waals surface area contributed by atoms with Crippen LogP contribution < -0.4 is 0 Å². The summed E-state index contributed by atoms with van der Waals surface area (Å²) in [5.74, 6) is 1.14. The van der Waals surface area contributed by atoms with E-state index in [4.69, 9.17) is 9.40 Å². The van der Waals surface area contributed by atoms with Gasteiger partial charge in [-0.3, -0.25) is 9.80 Å². The highest BCUT2D eigenvalue weighted by atomic mass is 16.3. The van der Waals surface area contributed by atoms with Gasteiger partial charge in [0.1, 0.15) is 12.2 Å². The molecule has 4 heterocycles. The first kappa shape index (κ1) is 16.0. The van der Waals surface area contributed by atoms with E-state index in [1.54, 1.807) is 12.6 Å². The maximum Gasteiger partial charge on any atom is 0.123 e. The van der Waals surface area contributed by atoms with Crippen LogP contribution in [0.2, 0.25) is 0 Å². The van der Waals surface area contributed by atoms with Crippen molar-refractivity contribution in [3.63, 3.8) is 0 Å². The topological polar surface area (TPSA) is 63.2 Å². The maximum absolute atomic E-state index is 5.16. The number of hydrogen-bond acceptors (Lipinski definition) is 6. The number of nitrogens with zero attached hydrogens (tertiary/aromatic N) is 6. The average Bonchev–Trinajstić information content (AvgIpc) is 3.24. The van der Waals surface area contributed by atoms with Crippen molar-refractivity contribution in [2.45, 2.75) is 32.7 Å². The van der Waals surface area contributed by atoms with Gasteiger partial charge in [-0.1, -0.05) is 0 Å². The number of fused-ring (bicyclic) bond motifs is 1. The Hall–Kier alpha value is -2.51. The fourth-order valence-corrected chi connectivity index (χ4v) is 3.27. The van der Waals surface area contributed by atoms with Gasteiger partial charge in [0.2, 0.25) is 0 Å². The van der Waals surface area contributed by atoms with Crippen LogP contribution in [0.3, 0.4) is 0 Å². The highest BCUT2D eigenvalue weighted by Gasteiger charge is 2.19. The van der Waals surface area contributed by atoms with Gasteiger partial charge in [0, 0.05) is 62.4 Å². The molecule has 4 rings (SSSR count). The summed E-state index contributed by atoms with van der Waals surface area (Å²) in [6.07, 6.45) is 11.0. The zero-order valence-electron chi connectivity index (χ0n) is 14.4. The fraction of sp³-hybridized carbons (Fsp3) is 0.389. The van der Waals surface area contributed by atoms with Gasteiger partial charge in [0.15, 0.2) is 0 Å². The minimum Gasteiger partial charge on any atom is -0.472 e. The summed E-state index contributed by atoms with van der Waals surface area (Å²) in [7, 11) is 2.09. The number of imidazole rings is 1. The van der Waals surface area contributed by atoms with Crippen molar-refractivity contribution < 1.29 is 4.42 Å². The standard InChI is InChI=1S/C18H22N6O/c1-22(8-16-6-19-14-20-7-16)10-17-11-24-4-3-23(12-18(24)21-17)9-15-2-5-25-13-15/h2,5-7,11,13-14H,3-4,8-10,12H2,1H3. The second kappa shape index (κ2) is 7.16. The lowest BCUT2D eigenvalue weighted by molar-refractivity contribution is 0.208. The molecule has 1 aliphatic rings. The summed E-state index contributed by atoms with van der Waals surface area (Å²) in [6, 6.07) is 2.02. The predicted octanol–water partition coefficient (Wildman–Crippen LogP) is 1.91. The SMILES string of the molecule is CN(Cc1cncnc1)Cc1cn2c(n1)CN(Cc1ccoc1)CC2. The molecule has 0 radical (unpaired) electrons. The zero-order chi connectivity index (χ0) is 17.1. The fourth-order valence-electron chi connectivity index (χ4n) is 3.27. The Morgan fingerprint density at radius 1 is 1.16 bits per heavy atom. The molecule has 3 aromatic heterocycles. The van der Waals surface area contributed by atoms with Crippen LogP contribution in [0.5, 0.6) is 0 Å². The molecule has 0 unspecified atom stereocenters. The summed E-state index contributed by atoms with van der Waals surface area (Å²) >= 11 is 0. The largest absolute Gasteiger partial charge is 0.472 e. The average molecular weight is 338 g/mol. The van der Waals surface area contributed by atoms with Crippen LogP contribution in [0.25, 0.3) is 0 Å². The third-order valence-corrected chi connectivity index (χ3v) is 4.42. The number of hydrogen-bond donors (Lipinski definition) is 0. The van der Waals surface area contributed by atoms with Crippen molar-refractivity contribution in [3.8, 4) is 0 Å². The van der Waals surface area contributed by atoms with E-state index in [0.717, 1.165) is 56.4 Å². The molecular formula is C18H22N6O. The highest BCUT2D eigenvalue weighted by Crippen LogP contribution is 2.17. The molecule has 25 heavy (non-hydrogen) atoms. The van der Waals surface area contributed by atoms with Gasteiger partial charge in [0.25, 0.3) is 0 Å². The van der Waals surface area contributed by atoms with E-state index in [0.29, 0.717) is 0 Å². The number of aromatic nitrogens is 4. The molecule has 0 saturated carbocycles. The van der Waals surface area contributed by atoms with Crippen LogP contribution in [0.15, 0.2) is 47.9 Å². The Kier molecular flexibility index (Phi) is 4.58. The minimum atomic E-state index is 0.815. The van der Waals surface area contributed by atoms with Crippen LogP contribution in [0.4, 0.5) is 0 Å². The Bertz CT molecular complexity index is 798. The van der Waals surface area contributed by atoms with Crippen molar-refractivity contribution in [2.75, 3.05) is 13.6 Å². The maximum atomic E-state index is 5.16. The van der Waals surface area contributed by atoms with Gasteiger partial charge in [-0.15, -0.1) is 0 Å². The van der Waals surface area contributed by atoms with Gasteiger partial charge in [-0.2, -0.15) is 0 Å². The van der Waals surface area contributed by atoms with Crippen LogP contribution in [0.1, 0.15) is 22.6 Å². The molecule has 3 aromatic rings. The van der Waals surface area contributed by atoms with E-state index in [2.05, 4.69) is 37.6 Å². The first-order valence-corrected chi connectivity index (χ1v) is 8.47. The van der Waals surface area contributed by atoms with E-state index >= 15 is 0 Å². The first-order valence-electron chi connectivity index (χ1n) is 8.47. The van der Waals surface area contributed by atoms with Crippen molar-refractivity contribution in [2.24, 2.45) is 0 Å². The van der Waals surface area contributed by atoms with E-state index < -0.39 is 0 Å². The van der Waals surface area contributed by atoms with Gasteiger partial charge in [-0.05, 0) is 13.1 Å². The lowest BCUT2D eigenvalue weighted by atomic mass is 10.3. The quantitative estimate of drug-likeness (QED) is 0.684. The van der Waals surface area contributed by atoms with Gasteiger partial charge < -0.3 is 8.98 Å². The Morgan fingerprint density at radius 3 is 2.84 bits per heavy atom. The second-order valence-electron chi connectivity index (χ2n) is 6.60. The van der Waals surface area contributed by atoms with Crippen LogP contribution in [0, 0.1) is 0 Å². The summed E-state index contributed by atoms with van der Waals surface area (Å²) < 4.78 is 7.44. The summed E-state index contributed by atoms with van der Waals surface area (Å²) in [5, 5.41) is 0. The molecular weight excluding hydrogens is 316 g/mol. The zero-order valence-corrected chi connectivity index (χ0v) is 14.4. The molecule has 0 fully saturated rings. The molecule has 0 saturated heterocycles. The predicted molar refractivity (Wildman–Crippen MR) is 92.3 cm³/mol. The third-order valence-electron chi connectivity index (χ3n) is 4.42. The summed E-state index contributed by atoms with van der Waals surface area (Å²) in [6.45, 7) is 5.43. The molecule has 7 heteroatoms. The normalized spacial score (nSPS) is 14.8. The van der Waals surface area contributed by atoms with E-state index in [-0.39, 0.29) is 0 Å². The monoisotopic (exact) mass is 338 g/mol. The van der Waals surface area contributed by atoms with Crippen molar-refractivity contribution in [1.82, 2.24) is 29.3 Å². The van der Waals surface area contributed by atoms with Crippen LogP contribution >= 0.6 is 0 Å². The van der Waals surface area contributed by atoms with Gasteiger partial charge >= 0.3 is 0 Å². The first-order chi connectivity index (χ1) is 12.3. The smallest absolute Gasteiger partial charge is 0.123 e. The van der Waals surface area contributed by atoms with Crippen LogP contribution in [-0.4, -0.2) is 42.9 Å². The Labute approximate surface area is 146 Å². The molecule has 0 bridgehead atoms. The summed E-state index contributed by atoms with van der Waals surface area (Å²) in [5.41, 5.74) is 3.44. The third kappa shape index (κ3) is 3.94. The molecule has 0 aliphatic carbocycles. The number of rotatable bonds is 6. The van der Waals surface area contributed by atoms with E-state index in [1.807, 2.05) is 24.7 Å². The van der Waals surface area contributed by atoms with Crippen LogP contribution in [-0.2, 0) is 32.7 Å². The molecule has 1 aliphatic heterocycles. The molecule has 7 nitrogen and oxygen atoms in total. The molecule has 0 amide bonds. The number of furan rings is 1. The van der Waals surface area contributed by atoms with Crippen molar-refractivity contribution in [3.05, 3.63) is 66.2 Å².